The maximum Gasteiger partial charge on any atom is 0.224 e. The van der Waals surface area contributed by atoms with Gasteiger partial charge in [-0.05, 0) is 13.0 Å². The molecule has 0 aromatic carbocycles. The van der Waals surface area contributed by atoms with Gasteiger partial charge in [-0.15, -0.1) is 0 Å². The van der Waals surface area contributed by atoms with Crippen LogP contribution in [0, 0.1) is 0 Å². The van der Waals surface area contributed by atoms with E-state index in [1.807, 2.05) is 6.92 Å². The average Bonchev–Trinajstić information content (AvgIpc) is 2.39. The molecular weight excluding hydrogens is 256 g/mol. The van der Waals surface area contributed by atoms with Gasteiger partial charge in [0.2, 0.25) is 5.95 Å². The van der Waals surface area contributed by atoms with E-state index in [0.717, 1.165) is 12.2 Å². The van der Waals surface area contributed by atoms with E-state index in [1.54, 1.807) is 6.07 Å². The van der Waals surface area contributed by atoms with Crippen LogP contribution in [-0.2, 0) is 4.74 Å². The molecule has 1 saturated heterocycles. The summed E-state index contributed by atoms with van der Waals surface area (Å²) in [6.45, 7) is 4.06. The van der Waals surface area contributed by atoms with Crippen LogP contribution in [-0.4, -0.2) is 47.4 Å². The highest BCUT2D eigenvalue weighted by Crippen LogP contribution is 2.20. The summed E-state index contributed by atoms with van der Waals surface area (Å²) in [5, 5.41) is 15.6. The molecule has 1 aromatic rings. The van der Waals surface area contributed by atoms with Crippen LogP contribution in [0.1, 0.15) is 18.7 Å². The van der Waals surface area contributed by atoms with Gasteiger partial charge >= 0.3 is 0 Å². The van der Waals surface area contributed by atoms with Crippen molar-refractivity contribution in [1.82, 2.24) is 15.3 Å². The van der Waals surface area contributed by atoms with Crippen molar-refractivity contribution in [3.8, 4) is 0 Å². The topological polar surface area (TPSA) is 79.3 Å². The van der Waals surface area contributed by atoms with Gasteiger partial charge in [0, 0.05) is 19.1 Å². The van der Waals surface area contributed by atoms with Crippen LogP contribution < -0.4 is 10.6 Å². The van der Waals surface area contributed by atoms with Gasteiger partial charge in [-0.1, -0.05) is 11.6 Å². The third-order valence-electron chi connectivity index (χ3n) is 2.62. The number of halogens is 1. The lowest BCUT2D eigenvalue weighted by Crippen LogP contribution is -2.34. The molecule has 0 saturated carbocycles. The Morgan fingerprint density at radius 3 is 3.17 bits per heavy atom. The number of hydrogen-bond donors (Lipinski definition) is 3. The second kappa shape index (κ2) is 6.29. The quantitative estimate of drug-likeness (QED) is 0.696. The summed E-state index contributed by atoms with van der Waals surface area (Å²) in [5.74, 6) is 0.410. The normalized spacial score (nSPS) is 21.6. The predicted molar refractivity (Wildman–Crippen MR) is 68.8 cm³/mol. The van der Waals surface area contributed by atoms with Gasteiger partial charge in [-0.2, -0.15) is 0 Å². The van der Waals surface area contributed by atoms with Gasteiger partial charge in [0.15, 0.2) is 0 Å². The molecule has 1 aliphatic heterocycles. The molecule has 3 N–H and O–H groups in total. The van der Waals surface area contributed by atoms with Crippen LogP contribution in [0.3, 0.4) is 0 Å². The third kappa shape index (κ3) is 3.52. The number of hydrogen-bond acceptors (Lipinski definition) is 6. The molecule has 0 spiro atoms. The van der Waals surface area contributed by atoms with Crippen molar-refractivity contribution >= 4 is 17.5 Å². The lowest BCUT2D eigenvalue weighted by Gasteiger charge is -2.23. The Morgan fingerprint density at radius 2 is 2.50 bits per heavy atom. The standard InChI is InChI=1S/C11H17ClN4O2/c1-7(6-17)14-11-15-8(4-10(12)16-11)9-5-13-2-3-18-9/h4,7,9,13,17H,2-3,5-6H2,1H3,(H,14,15,16). The molecule has 0 radical (unpaired) electrons. The number of aliphatic hydroxyl groups excluding tert-OH is 1. The van der Waals surface area contributed by atoms with E-state index in [2.05, 4.69) is 20.6 Å². The highest BCUT2D eigenvalue weighted by atomic mass is 35.5. The van der Waals surface area contributed by atoms with E-state index in [-0.39, 0.29) is 18.8 Å². The molecule has 1 fully saturated rings. The van der Waals surface area contributed by atoms with Crippen molar-refractivity contribution in [2.45, 2.75) is 19.1 Å². The Balaban J connectivity index is 2.14. The van der Waals surface area contributed by atoms with E-state index in [1.165, 1.54) is 0 Å². The first-order valence-corrected chi connectivity index (χ1v) is 6.31. The number of aromatic nitrogens is 2. The highest BCUT2D eigenvalue weighted by Gasteiger charge is 2.19. The summed E-state index contributed by atoms with van der Waals surface area (Å²) in [5.41, 5.74) is 0.745. The largest absolute Gasteiger partial charge is 0.394 e. The minimum absolute atomic E-state index is 0.00664. The van der Waals surface area contributed by atoms with Crippen LogP contribution in [0.2, 0.25) is 5.15 Å². The third-order valence-corrected chi connectivity index (χ3v) is 2.82. The van der Waals surface area contributed by atoms with E-state index in [0.29, 0.717) is 24.3 Å². The molecule has 6 nitrogen and oxygen atoms in total. The number of rotatable bonds is 4. The molecule has 1 aromatic heterocycles. The Hall–Kier alpha value is -0.950. The zero-order valence-corrected chi connectivity index (χ0v) is 10.9. The van der Waals surface area contributed by atoms with Crippen LogP contribution in [0.5, 0.6) is 0 Å². The first kappa shape index (κ1) is 13.5. The number of aliphatic hydroxyl groups is 1. The maximum atomic E-state index is 9.00. The Labute approximate surface area is 111 Å². The molecule has 2 unspecified atom stereocenters. The highest BCUT2D eigenvalue weighted by molar-refractivity contribution is 6.29. The van der Waals surface area contributed by atoms with E-state index < -0.39 is 0 Å². The summed E-state index contributed by atoms with van der Waals surface area (Å²) in [4.78, 5) is 8.44. The molecule has 100 valence electrons. The summed E-state index contributed by atoms with van der Waals surface area (Å²) in [6.07, 6.45) is -0.107. The monoisotopic (exact) mass is 272 g/mol. The van der Waals surface area contributed by atoms with Crippen molar-refractivity contribution in [1.29, 1.82) is 0 Å². The minimum atomic E-state index is -0.123. The SMILES string of the molecule is CC(CO)Nc1nc(Cl)cc(C2CNCCO2)n1. The number of anilines is 1. The fourth-order valence-electron chi connectivity index (χ4n) is 1.69. The summed E-state index contributed by atoms with van der Waals surface area (Å²) in [7, 11) is 0. The molecule has 2 rings (SSSR count). The first-order valence-electron chi connectivity index (χ1n) is 5.93. The number of nitrogens with zero attached hydrogens (tertiary/aromatic N) is 2. The van der Waals surface area contributed by atoms with E-state index in [4.69, 9.17) is 21.4 Å². The number of ether oxygens (including phenoxy) is 1. The van der Waals surface area contributed by atoms with Gasteiger partial charge in [0.25, 0.3) is 0 Å². The van der Waals surface area contributed by atoms with Gasteiger partial charge in [-0.25, -0.2) is 9.97 Å². The molecule has 7 heteroatoms. The summed E-state index contributed by atoms with van der Waals surface area (Å²) in [6, 6.07) is 1.58. The zero-order chi connectivity index (χ0) is 13.0. The lowest BCUT2D eigenvalue weighted by atomic mass is 10.2. The minimum Gasteiger partial charge on any atom is -0.394 e. The molecule has 0 aliphatic carbocycles. The van der Waals surface area contributed by atoms with Gasteiger partial charge in [0.1, 0.15) is 11.3 Å². The van der Waals surface area contributed by atoms with Crippen LogP contribution >= 0.6 is 11.6 Å². The van der Waals surface area contributed by atoms with Gasteiger partial charge < -0.3 is 20.5 Å². The van der Waals surface area contributed by atoms with Gasteiger partial charge in [-0.3, -0.25) is 0 Å². The van der Waals surface area contributed by atoms with Gasteiger partial charge in [0.05, 0.1) is 18.9 Å². The van der Waals surface area contributed by atoms with Crippen molar-refractivity contribution in [3.05, 3.63) is 16.9 Å². The zero-order valence-electron chi connectivity index (χ0n) is 10.2. The molecule has 2 atom stereocenters. The Morgan fingerprint density at radius 1 is 1.67 bits per heavy atom. The molecule has 2 heterocycles. The Kier molecular flexibility index (Phi) is 4.71. The average molecular weight is 273 g/mol. The lowest BCUT2D eigenvalue weighted by molar-refractivity contribution is 0.0250. The number of nitrogens with one attached hydrogen (secondary N) is 2. The van der Waals surface area contributed by atoms with Crippen LogP contribution in [0.15, 0.2) is 6.07 Å². The van der Waals surface area contributed by atoms with Crippen molar-refractivity contribution in [3.63, 3.8) is 0 Å². The summed E-state index contributed by atoms with van der Waals surface area (Å²) >= 11 is 5.97. The Bertz CT molecular complexity index is 399. The van der Waals surface area contributed by atoms with Crippen molar-refractivity contribution in [2.24, 2.45) is 0 Å². The van der Waals surface area contributed by atoms with E-state index in [9.17, 15) is 0 Å². The second-order valence-corrected chi connectivity index (χ2v) is 4.62. The fraction of sp³-hybridized carbons (Fsp3) is 0.636. The predicted octanol–water partition coefficient (Wildman–Crippen LogP) is 0.584. The van der Waals surface area contributed by atoms with E-state index >= 15 is 0 Å². The number of morpholine rings is 1. The molecule has 0 bridgehead atoms. The van der Waals surface area contributed by atoms with Crippen LogP contribution in [0.4, 0.5) is 5.95 Å². The van der Waals surface area contributed by atoms with Crippen molar-refractivity contribution in [2.75, 3.05) is 31.6 Å². The van der Waals surface area contributed by atoms with Crippen LogP contribution in [0.25, 0.3) is 0 Å². The maximum absolute atomic E-state index is 9.00. The molecule has 1 aliphatic rings. The van der Waals surface area contributed by atoms with Crippen molar-refractivity contribution < 1.29 is 9.84 Å². The second-order valence-electron chi connectivity index (χ2n) is 4.23. The molecule has 0 amide bonds. The summed E-state index contributed by atoms with van der Waals surface area (Å²) < 4.78 is 5.62. The molecular formula is C11H17ClN4O2. The molecule has 18 heavy (non-hydrogen) atoms. The first-order chi connectivity index (χ1) is 8.69. The fourth-order valence-corrected chi connectivity index (χ4v) is 1.88. The smallest absolute Gasteiger partial charge is 0.224 e.